The molecule has 1 rings (SSSR count). The summed E-state index contributed by atoms with van der Waals surface area (Å²) in [6.45, 7) is 5.74. The maximum absolute atomic E-state index is 5.89. The van der Waals surface area contributed by atoms with Gasteiger partial charge in [0.05, 0.1) is 12.2 Å². The van der Waals surface area contributed by atoms with Crippen molar-refractivity contribution in [2.45, 2.75) is 13.0 Å². The Morgan fingerprint density at radius 3 is 2.75 bits per heavy atom. The first-order valence-corrected chi connectivity index (χ1v) is 4.70. The SMILES string of the molecule is C=C(C)C(N)c1cnn(C)c1I. The van der Waals surface area contributed by atoms with Crippen LogP contribution in [0.15, 0.2) is 18.3 Å². The molecule has 0 saturated carbocycles. The van der Waals surface area contributed by atoms with Gasteiger partial charge < -0.3 is 5.73 Å². The highest BCUT2D eigenvalue weighted by Crippen LogP contribution is 2.21. The van der Waals surface area contributed by atoms with Crippen LogP contribution in [-0.2, 0) is 7.05 Å². The Kier molecular flexibility index (Phi) is 2.89. The minimum Gasteiger partial charge on any atom is -0.320 e. The first-order valence-electron chi connectivity index (χ1n) is 3.62. The number of nitrogens with two attached hydrogens (primary N) is 1. The Bertz CT molecular complexity index is 303. The Labute approximate surface area is 85.8 Å². The molecule has 0 aliphatic heterocycles. The second kappa shape index (κ2) is 3.57. The van der Waals surface area contributed by atoms with Crippen molar-refractivity contribution in [3.63, 3.8) is 0 Å². The highest BCUT2D eigenvalue weighted by Gasteiger charge is 2.13. The van der Waals surface area contributed by atoms with Crippen molar-refractivity contribution in [3.05, 3.63) is 27.6 Å². The largest absolute Gasteiger partial charge is 0.320 e. The zero-order valence-corrected chi connectivity index (χ0v) is 9.37. The van der Waals surface area contributed by atoms with Crippen LogP contribution in [0.25, 0.3) is 0 Å². The minimum absolute atomic E-state index is 0.0920. The highest BCUT2D eigenvalue weighted by atomic mass is 127. The molecule has 1 unspecified atom stereocenters. The molecule has 12 heavy (non-hydrogen) atoms. The van der Waals surface area contributed by atoms with E-state index in [1.165, 1.54) is 0 Å². The fourth-order valence-electron chi connectivity index (χ4n) is 0.914. The van der Waals surface area contributed by atoms with Gasteiger partial charge in [-0.2, -0.15) is 5.10 Å². The monoisotopic (exact) mass is 277 g/mol. The summed E-state index contributed by atoms with van der Waals surface area (Å²) in [6, 6.07) is -0.0920. The number of aromatic nitrogens is 2. The van der Waals surface area contributed by atoms with Gasteiger partial charge in [0, 0.05) is 12.6 Å². The van der Waals surface area contributed by atoms with Crippen molar-refractivity contribution in [2.75, 3.05) is 0 Å². The standard InChI is InChI=1S/C8H12IN3/c1-5(2)7(10)6-4-11-12(3)8(6)9/h4,7H,1,10H2,2-3H3. The second-order valence-electron chi connectivity index (χ2n) is 2.84. The summed E-state index contributed by atoms with van der Waals surface area (Å²) in [4.78, 5) is 0. The lowest BCUT2D eigenvalue weighted by atomic mass is 10.1. The van der Waals surface area contributed by atoms with E-state index in [0.29, 0.717) is 0 Å². The summed E-state index contributed by atoms with van der Waals surface area (Å²) in [7, 11) is 1.90. The molecule has 1 aromatic heterocycles. The molecule has 2 N–H and O–H groups in total. The fourth-order valence-corrected chi connectivity index (χ4v) is 1.51. The molecule has 0 bridgehead atoms. The topological polar surface area (TPSA) is 43.8 Å². The zero-order chi connectivity index (χ0) is 9.30. The van der Waals surface area contributed by atoms with E-state index >= 15 is 0 Å². The third-order valence-corrected chi connectivity index (χ3v) is 3.08. The predicted octanol–water partition coefficient (Wildman–Crippen LogP) is 1.60. The van der Waals surface area contributed by atoms with Crippen LogP contribution in [0.4, 0.5) is 0 Å². The Morgan fingerprint density at radius 1 is 1.83 bits per heavy atom. The van der Waals surface area contributed by atoms with Crippen LogP contribution in [-0.4, -0.2) is 9.78 Å². The molecule has 0 aliphatic carbocycles. The van der Waals surface area contributed by atoms with Crippen molar-refractivity contribution in [1.82, 2.24) is 9.78 Å². The molecule has 0 aliphatic rings. The van der Waals surface area contributed by atoms with Gasteiger partial charge in [-0.3, -0.25) is 4.68 Å². The van der Waals surface area contributed by atoms with E-state index in [2.05, 4.69) is 34.3 Å². The Hall–Kier alpha value is -0.360. The van der Waals surface area contributed by atoms with Crippen molar-refractivity contribution >= 4 is 22.6 Å². The molecular formula is C8H12IN3. The van der Waals surface area contributed by atoms with Gasteiger partial charge in [0.1, 0.15) is 3.70 Å². The van der Waals surface area contributed by atoms with Gasteiger partial charge in [-0.1, -0.05) is 12.2 Å². The van der Waals surface area contributed by atoms with E-state index in [0.717, 1.165) is 14.8 Å². The molecule has 3 nitrogen and oxygen atoms in total. The Morgan fingerprint density at radius 2 is 2.42 bits per heavy atom. The first-order chi connectivity index (χ1) is 5.54. The van der Waals surface area contributed by atoms with Gasteiger partial charge in [-0.05, 0) is 29.5 Å². The maximum atomic E-state index is 5.89. The summed E-state index contributed by atoms with van der Waals surface area (Å²) in [5, 5.41) is 4.11. The van der Waals surface area contributed by atoms with Crippen LogP contribution in [0, 0.1) is 3.70 Å². The number of aryl methyl sites for hydroxylation is 1. The van der Waals surface area contributed by atoms with Crippen LogP contribution in [0.5, 0.6) is 0 Å². The molecule has 0 saturated heterocycles. The lowest BCUT2D eigenvalue weighted by Crippen LogP contribution is -2.11. The van der Waals surface area contributed by atoms with Crippen LogP contribution >= 0.6 is 22.6 Å². The number of nitrogens with zero attached hydrogens (tertiary/aromatic N) is 2. The normalized spacial score (nSPS) is 13.0. The minimum atomic E-state index is -0.0920. The maximum Gasteiger partial charge on any atom is 0.104 e. The van der Waals surface area contributed by atoms with E-state index in [1.807, 2.05) is 14.0 Å². The van der Waals surface area contributed by atoms with Crippen LogP contribution < -0.4 is 5.73 Å². The van der Waals surface area contributed by atoms with Crippen molar-refractivity contribution in [1.29, 1.82) is 0 Å². The number of hydrogen-bond acceptors (Lipinski definition) is 2. The third-order valence-electron chi connectivity index (χ3n) is 1.76. The quantitative estimate of drug-likeness (QED) is 0.659. The highest BCUT2D eigenvalue weighted by molar-refractivity contribution is 14.1. The summed E-state index contributed by atoms with van der Waals surface area (Å²) < 4.78 is 2.88. The van der Waals surface area contributed by atoms with Crippen LogP contribution in [0.2, 0.25) is 0 Å². The Balaban J connectivity index is 3.03. The van der Waals surface area contributed by atoms with Crippen LogP contribution in [0.1, 0.15) is 18.5 Å². The fraction of sp³-hybridized carbons (Fsp3) is 0.375. The molecule has 66 valence electrons. The number of halogens is 1. The number of rotatable bonds is 2. The molecule has 0 aromatic carbocycles. The molecule has 0 radical (unpaired) electrons. The molecule has 1 aromatic rings. The van der Waals surface area contributed by atoms with E-state index < -0.39 is 0 Å². The van der Waals surface area contributed by atoms with E-state index in [-0.39, 0.29) is 6.04 Å². The van der Waals surface area contributed by atoms with E-state index in [4.69, 9.17) is 5.73 Å². The average Bonchev–Trinajstić information content (AvgIpc) is 2.32. The third kappa shape index (κ3) is 1.69. The van der Waals surface area contributed by atoms with E-state index in [1.54, 1.807) is 10.9 Å². The molecule has 0 amide bonds. The molecule has 4 heteroatoms. The second-order valence-corrected chi connectivity index (χ2v) is 3.86. The molecule has 1 heterocycles. The van der Waals surface area contributed by atoms with Crippen LogP contribution in [0.3, 0.4) is 0 Å². The first kappa shape index (κ1) is 9.73. The molecule has 0 spiro atoms. The number of hydrogen-bond donors (Lipinski definition) is 1. The summed E-state index contributed by atoms with van der Waals surface area (Å²) in [6.07, 6.45) is 1.79. The van der Waals surface area contributed by atoms with Gasteiger partial charge in [0.25, 0.3) is 0 Å². The van der Waals surface area contributed by atoms with Gasteiger partial charge in [-0.25, -0.2) is 0 Å². The van der Waals surface area contributed by atoms with Gasteiger partial charge in [0.15, 0.2) is 0 Å². The van der Waals surface area contributed by atoms with Crippen molar-refractivity contribution in [3.8, 4) is 0 Å². The average molecular weight is 277 g/mol. The van der Waals surface area contributed by atoms with Gasteiger partial charge in [-0.15, -0.1) is 0 Å². The molecule has 1 atom stereocenters. The summed E-state index contributed by atoms with van der Waals surface area (Å²) in [5.41, 5.74) is 7.90. The van der Waals surface area contributed by atoms with Gasteiger partial charge in [0.2, 0.25) is 0 Å². The molecular weight excluding hydrogens is 265 g/mol. The van der Waals surface area contributed by atoms with Gasteiger partial charge >= 0.3 is 0 Å². The van der Waals surface area contributed by atoms with E-state index in [9.17, 15) is 0 Å². The summed E-state index contributed by atoms with van der Waals surface area (Å²) >= 11 is 2.23. The van der Waals surface area contributed by atoms with Crippen molar-refractivity contribution in [2.24, 2.45) is 12.8 Å². The lowest BCUT2D eigenvalue weighted by molar-refractivity contribution is 0.741. The lowest BCUT2D eigenvalue weighted by Gasteiger charge is -2.09. The molecule has 0 fully saturated rings. The summed E-state index contributed by atoms with van der Waals surface area (Å²) in [5.74, 6) is 0. The zero-order valence-electron chi connectivity index (χ0n) is 7.21. The predicted molar refractivity (Wildman–Crippen MR) is 57.7 cm³/mol. The van der Waals surface area contributed by atoms with Crippen molar-refractivity contribution < 1.29 is 0 Å². The smallest absolute Gasteiger partial charge is 0.104 e.